The van der Waals surface area contributed by atoms with Crippen LogP contribution in [0.25, 0.3) is 0 Å². The molecular formula is C17H23IN6O2. The lowest BCUT2D eigenvalue weighted by Gasteiger charge is -2.35. The Bertz CT molecular complexity index is 774. The highest BCUT2D eigenvalue weighted by Crippen LogP contribution is 2.16. The first-order valence-corrected chi connectivity index (χ1v) is 8.09. The molecule has 1 aromatic heterocycles. The number of anilines is 1. The lowest BCUT2D eigenvalue weighted by atomic mass is 10.2. The quantitative estimate of drug-likeness (QED) is 0.400. The second-order valence-electron chi connectivity index (χ2n) is 5.91. The lowest BCUT2D eigenvalue weighted by Crippen LogP contribution is -2.55. The van der Waals surface area contributed by atoms with Gasteiger partial charge in [0.1, 0.15) is 12.3 Å². The predicted octanol–water partition coefficient (Wildman–Crippen LogP) is 1.17. The third-order valence-electron chi connectivity index (χ3n) is 4.12. The Morgan fingerprint density at radius 2 is 2.04 bits per heavy atom. The molecule has 8 nitrogen and oxygen atoms in total. The number of nitrogens with one attached hydrogen (secondary N) is 1. The molecule has 3 rings (SSSR count). The van der Waals surface area contributed by atoms with Crippen molar-refractivity contribution in [1.29, 1.82) is 0 Å². The number of nitrogens with zero attached hydrogens (tertiary/aromatic N) is 5. The van der Waals surface area contributed by atoms with Gasteiger partial charge in [-0.15, -0.1) is 24.0 Å². The summed E-state index contributed by atoms with van der Waals surface area (Å²) in [6.07, 6.45) is 3.54. The molecule has 0 atom stereocenters. The van der Waals surface area contributed by atoms with E-state index in [9.17, 15) is 9.90 Å². The highest BCUT2D eigenvalue weighted by molar-refractivity contribution is 14.0. The van der Waals surface area contributed by atoms with Gasteiger partial charge in [-0.25, -0.2) is 0 Å². The Balaban J connectivity index is 0.00000243. The van der Waals surface area contributed by atoms with Gasteiger partial charge in [0, 0.05) is 39.9 Å². The number of carbonyl (C=O) groups excluding carboxylic acids is 1. The van der Waals surface area contributed by atoms with Gasteiger partial charge in [-0.1, -0.05) is 12.1 Å². The molecule has 1 saturated heterocycles. The molecule has 1 aliphatic heterocycles. The van der Waals surface area contributed by atoms with Crippen molar-refractivity contribution in [3.8, 4) is 5.75 Å². The molecule has 0 aliphatic carbocycles. The highest BCUT2D eigenvalue weighted by Gasteiger charge is 2.27. The molecule has 0 unspecified atom stereocenters. The largest absolute Gasteiger partial charge is 0.508 e. The number of hydrogen-bond acceptors (Lipinski definition) is 4. The molecule has 140 valence electrons. The van der Waals surface area contributed by atoms with E-state index in [2.05, 4.69) is 15.4 Å². The first-order chi connectivity index (χ1) is 12.1. The maximum Gasteiger partial charge on any atom is 0.246 e. The maximum atomic E-state index is 12.5. The summed E-state index contributed by atoms with van der Waals surface area (Å²) in [7, 11) is 3.54. The van der Waals surface area contributed by atoms with Crippen molar-refractivity contribution in [2.75, 3.05) is 31.6 Å². The Morgan fingerprint density at radius 3 is 2.62 bits per heavy atom. The number of aromatic nitrogens is 2. The number of rotatable bonds is 3. The maximum absolute atomic E-state index is 12.5. The summed E-state index contributed by atoms with van der Waals surface area (Å²) < 4.78 is 1.69. The monoisotopic (exact) mass is 470 g/mol. The van der Waals surface area contributed by atoms with E-state index < -0.39 is 0 Å². The molecule has 26 heavy (non-hydrogen) atoms. The Labute approximate surface area is 169 Å². The van der Waals surface area contributed by atoms with Gasteiger partial charge in [0.05, 0.1) is 11.9 Å². The number of benzene rings is 1. The van der Waals surface area contributed by atoms with Crippen LogP contribution in [0.1, 0.15) is 5.56 Å². The van der Waals surface area contributed by atoms with E-state index in [0.717, 1.165) is 11.3 Å². The van der Waals surface area contributed by atoms with E-state index >= 15 is 0 Å². The summed E-state index contributed by atoms with van der Waals surface area (Å²) in [6, 6.07) is 6.99. The van der Waals surface area contributed by atoms with Gasteiger partial charge in [-0.3, -0.25) is 14.5 Å². The standard InChI is InChI=1S/C17H22N6O2.HI/c1-18-17(19-9-13-3-5-15(24)6-4-13)22-7-8-23(16(25)12-22)14-10-20-21(2)11-14;/h3-6,10-11,24H,7-9,12H2,1-2H3,(H,18,19);1H. The van der Waals surface area contributed by atoms with Crippen LogP contribution in [0, 0.1) is 0 Å². The molecule has 2 heterocycles. The Kier molecular flexibility index (Phi) is 6.83. The molecular weight excluding hydrogens is 447 g/mol. The summed E-state index contributed by atoms with van der Waals surface area (Å²) in [4.78, 5) is 20.4. The summed E-state index contributed by atoms with van der Waals surface area (Å²) in [5.74, 6) is 0.948. The van der Waals surface area contributed by atoms with Crippen LogP contribution in [0.2, 0.25) is 0 Å². The normalized spacial score (nSPS) is 15.0. The molecule has 2 N–H and O–H groups in total. The van der Waals surface area contributed by atoms with Crippen LogP contribution in [0.3, 0.4) is 0 Å². The number of hydrogen-bond donors (Lipinski definition) is 2. The molecule has 1 fully saturated rings. The molecule has 1 amide bonds. The average molecular weight is 470 g/mol. The van der Waals surface area contributed by atoms with Gasteiger partial charge in [0.2, 0.25) is 5.91 Å². The van der Waals surface area contributed by atoms with E-state index in [1.54, 1.807) is 35.0 Å². The topological polar surface area (TPSA) is 86.0 Å². The lowest BCUT2D eigenvalue weighted by molar-refractivity contribution is -0.120. The van der Waals surface area contributed by atoms with Gasteiger partial charge >= 0.3 is 0 Å². The van der Waals surface area contributed by atoms with Gasteiger partial charge in [-0.05, 0) is 17.7 Å². The second kappa shape index (κ2) is 8.88. The van der Waals surface area contributed by atoms with Gasteiger partial charge in [0.15, 0.2) is 5.96 Å². The van der Waals surface area contributed by atoms with Crippen molar-refractivity contribution in [2.45, 2.75) is 6.54 Å². The molecule has 0 radical (unpaired) electrons. The third-order valence-corrected chi connectivity index (χ3v) is 4.12. The molecule has 0 saturated carbocycles. The fourth-order valence-corrected chi connectivity index (χ4v) is 2.80. The Morgan fingerprint density at radius 1 is 1.31 bits per heavy atom. The van der Waals surface area contributed by atoms with Crippen LogP contribution in [0.4, 0.5) is 5.69 Å². The van der Waals surface area contributed by atoms with Crippen molar-refractivity contribution >= 4 is 41.5 Å². The number of aromatic hydroxyl groups is 1. The zero-order chi connectivity index (χ0) is 17.8. The smallest absolute Gasteiger partial charge is 0.246 e. The summed E-state index contributed by atoms with van der Waals surface area (Å²) >= 11 is 0. The number of phenolic OH excluding ortho intramolecular Hbond substituents is 1. The number of halogens is 1. The fraction of sp³-hybridized carbons (Fsp3) is 0.353. The van der Waals surface area contributed by atoms with E-state index in [1.807, 2.05) is 30.3 Å². The van der Waals surface area contributed by atoms with E-state index in [1.165, 1.54) is 0 Å². The minimum absolute atomic E-state index is 0. The predicted molar refractivity (Wildman–Crippen MR) is 111 cm³/mol. The Hall–Kier alpha value is -2.30. The van der Waals surface area contributed by atoms with Crippen molar-refractivity contribution < 1.29 is 9.90 Å². The zero-order valence-electron chi connectivity index (χ0n) is 14.8. The van der Waals surface area contributed by atoms with Crippen LogP contribution in [0.15, 0.2) is 41.7 Å². The summed E-state index contributed by atoms with van der Waals surface area (Å²) in [5, 5.41) is 16.7. The number of piperazine rings is 1. The van der Waals surface area contributed by atoms with E-state index in [-0.39, 0.29) is 42.2 Å². The van der Waals surface area contributed by atoms with Crippen molar-refractivity contribution in [3.63, 3.8) is 0 Å². The van der Waals surface area contributed by atoms with E-state index in [0.29, 0.717) is 25.6 Å². The highest BCUT2D eigenvalue weighted by atomic mass is 127. The summed E-state index contributed by atoms with van der Waals surface area (Å²) in [5.41, 5.74) is 1.85. The van der Waals surface area contributed by atoms with Crippen LogP contribution >= 0.6 is 24.0 Å². The minimum atomic E-state index is 0. The van der Waals surface area contributed by atoms with Crippen LogP contribution in [-0.4, -0.2) is 58.3 Å². The van der Waals surface area contributed by atoms with Gasteiger partial charge in [0.25, 0.3) is 0 Å². The molecule has 1 aliphatic rings. The second-order valence-corrected chi connectivity index (χ2v) is 5.91. The fourth-order valence-electron chi connectivity index (χ4n) is 2.80. The number of amides is 1. The molecule has 1 aromatic carbocycles. The number of aliphatic imine (C=N–C) groups is 1. The first-order valence-electron chi connectivity index (χ1n) is 8.09. The van der Waals surface area contributed by atoms with Gasteiger partial charge < -0.3 is 20.2 Å². The molecule has 2 aromatic rings. The van der Waals surface area contributed by atoms with E-state index in [4.69, 9.17) is 0 Å². The third kappa shape index (κ3) is 4.65. The molecule has 9 heteroatoms. The number of carbonyl (C=O) groups is 1. The first kappa shape index (κ1) is 20.0. The van der Waals surface area contributed by atoms with Crippen molar-refractivity contribution in [3.05, 3.63) is 42.2 Å². The number of aryl methyl sites for hydroxylation is 1. The SMILES string of the molecule is CN=C(NCc1ccc(O)cc1)N1CCN(c2cnn(C)c2)C(=O)C1.I. The molecule has 0 spiro atoms. The van der Waals surface area contributed by atoms with Gasteiger partial charge in [-0.2, -0.15) is 5.10 Å². The van der Waals surface area contributed by atoms with Crippen LogP contribution in [0.5, 0.6) is 5.75 Å². The zero-order valence-corrected chi connectivity index (χ0v) is 17.1. The van der Waals surface area contributed by atoms with Crippen LogP contribution < -0.4 is 10.2 Å². The van der Waals surface area contributed by atoms with Crippen LogP contribution in [-0.2, 0) is 18.4 Å². The average Bonchev–Trinajstić information content (AvgIpc) is 3.03. The number of phenols is 1. The number of guanidine groups is 1. The van der Waals surface area contributed by atoms with Crippen molar-refractivity contribution in [2.24, 2.45) is 12.0 Å². The summed E-state index contributed by atoms with van der Waals surface area (Å²) in [6.45, 7) is 2.12. The molecule has 0 bridgehead atoms. The minimum Gasteiger partial charge on any atom is -0.508 e. The van der Waals surface area contributed by atoms with Crippen molar-refractivity contribution in [1.82, 2.24) is 20.0 Å².